The number of benzene rings is 2. The van der Waals surface area contributed by atoms with E-state index in [9.17, 15) is 13.2 Å². The van der Waals surface area contributed by atoms with Gasteiger partial charge in [-0.1, -0.05) is 11.6 Å². The van der Waals surface area contributed by atoms with Gasteiger partial charge in [-0.25, -0.2) is 8.42 Å². The van der Waals surface area contributed by atoms with Crippen LogP contribution in [0.25, 0.3) is 0 Å². The van der Waals surface area contributed by atoms with Crippen LogP contribution in [0.2, 0.25) is 5.02 Å². The summed E-state index contributed by atoms with van der Waals surface area (Å²) in [7, 11) is -3.58. The summed E-state index contributed by atoms with van der Waals surface area (Å²) in [6.45, 7) is 0.766. The molecule has 2 aromatic carbocycles. The van der Waals surface area contributed by atoms with Gasteiger partial charge in [-0.05, 0) is 49.2 Å². The molecule has 0 bridgehead atoms. The Labute approximate surface area is 168 Å². The van der Waals surface area contributed by atoms with E-state index >= 15 is 0 Å². The second-order valence-corrected chi connectivity index (χ2v) is 9.06. The Kier molecular flexibility index (Phi) is 5.18. The summed E-state index contributed by atoms with van der Waals surface area (Å²) in [6, 6.07) is 11.3. The molecule has 4 rings (SSSR count). The summed E-state index contributed by atoms with van der Waals surface area (Å²) in [5.74, 6) is 0.880. The van der Waals surface area contributed by atoms with E-state index in [0.29, 0.717) is 48.1 Å². The highest BCUT2D eigenvalue weighted by molar-refractivity contribution is 7.89. The van der Waals surface area contributed by atoms with E-state index in [1.165, 1.54) is 16.4 Å². The van der Waals surface area contributed by atoms with E-state index in [2.05, 4.69) is 5.32 Å². The molecule has 148 valence electrons. The number of ether oxygens (including phenoxy) is 2. The van der Waals surface area contributed by atoms with E-state index in [1.807, 2.05) is 0 Å². The molecule has 9 heteroatoms. The predicted octanol–water partition coefficient (Wildman–Crippen LogP) is 3.11. The first-order chi connectivity index (χ1) is 13.4. The minimum Gasteiger partial charge on any atom is -0.454 e. The van der Waals surface area contributed by atoms with Crippen molar-refractivity contribution >= 4 is 33.2 Å². The van der Waals surface area contributed by atoms with E-state index in [-0.39, 0.29) is 23.5 Å². The van der Waals surface area contributed by atoms with Gasteiger partial charge in [0.2, 0.25) is 22.7 Å². The van der Waals surface area contributed by atoms with Crippen LogP contribution in [0.1, 0.15) is 12.8 Å². The molecule has 2 aromatic rings. The number of carbonyl (C=O) groups excluding carboxylic acids is 1. The lowest BCUT2D eigenvalue weighted by atomic mass is 9.97. The number of fused-ring (bicyclic) bond motifs is 1. The van der Waals surface area contributed by atoms with E-state index in [1.54, 1.807) is 30.3 Å². The number of amides is 1. The lowest BCUT2D eigenvalue weighted by molar-refractivity contribution is -0.120. The number of nitrogens with zero attached hydrogens (tertiary/aromatic N) is 1. The summed E-state index contributed by atoms with van der Waals surface area (Å²) in [4.78, 5) is 12.8. The van der Waals surface area contributed by atoms with Crippen LogP contribution in [0.5, 0.6) is 11.5 Å². The lowest BCUT2D eigenvalue weighted by Gasteiger charge is -2.30. The Morgan fingerprint density at radius 2 is 1.71 bits per heavy atom. The molecule has 0 aliphatic carbocycles. The molecular formula is C19H19ClN2O5S. The first kappa shape index (κ1) is 19.0. The number of sulfonamides is 1. The number of hydrogen-bond acceptors (Lipinski definition) is 5. The topological polar surface area (TPSA) is 84.9 Å². The molecule has 2 heterocycles. The molecule has 1 fully saturated rings. The van der Waals surface area contributed by atoms with E-state index in [4.69, 9.17) is 21.1 Å². The Morgan fingerprint density at radius 3 is 2.43 bits per heavy atom. The van der Waals surface area contributed by atoms with Gasteiger partial charge < -0.3 is 14.8 Å². The maximum Gasteiger partial charge on any atom is 0.243 e. The zero-order valence-electron chi connectivity index (χ0n) is 14.9. The van der Waals surface area contributed by atoms with Crippen LogP contribution in [-0.4, -0.2) is 38.5 Å². The third kappa shape index (κ3) is 3.80. The normalized spacial score (nSPS) is 17.5. The first-order valence-corrected chi connectivity index (χ1v) is 10.7. The molecule has 0 spiro atoms. The Morgan fingerprint density at radius 1 is 1.04 bits per heavy atom. The minimum atomic E-state index is -3.58. The zero-order chi connectivity index (χ0) is 19.7. The van der Waals surface area contributed by atoms with Gasteiger partial charge in [-0.3, -0.25) is 4.79 Å². The van der Waals surface area contributed by atoms with Gasteiger partial charge in [0.15, 0.2) is 11.5 Å². The molecule has 1 saturated heterocycles. The van der Waals surface area contributed by atoms with Crippen LogP contribution in [0, 0.1) is 5.92 Å². The second-order valence-electron chi connectivity index (χ2n) is 6.69. The SMILES string of the molecule is O=C(Nc1ccc2c(c1)OCO2)C1CCN(S(=O)(=O)c2ccc(Cl)cc2)CC1. The van der Waals surface area contributed by atoms with Crippen LogP contribution in [0.3, 0.4) is 0 Å². The standard InChI is InChI=1S/C19H19ClN2O5S/c20-14-1-4-16(5-2-14)28(24,25)22-9-7-13(8-10-22)19(23)21-15-3-6-17-18(11-15)27-12-26-17/h1-6,11,13H,7-10,12H2,(H,21,23). The smallest absolute Gasteiger partial charge is 0.243 e. The summed E-state index contributed by atoms with van der Waals surface area (Å²) >= 11 is 5.83. The number of hydrogen-bond donors (Lipinski definition) is 1. The van der Waals surface area contributed by atoms with Gasteiger partial charge in [0.05, 0.1) is 4.90 Å². The largest absolute Gasteiger partial charge is 0.454 e. The fraction of sp³-hybridized carbons (Fsp3) is 0.316. The molecule has 0 atom stereocenters. The molecular weight excluding hydrogens is 404 g/mol. The quantitative estimate of drug-likeness (QED) is 0.818. The van der Waals surface area contributed by atoms with Gasteiger partial charge in [0, 0.05) is 35.8 Å². The Hall–Kier alpha value is -2.29. The van der Waals surface area contributed by atoms with Gasteiger partial charge in [-0.2, -0.15) is 4.31 Å². The van der Waals surface area contributed by atoms with Gasteiger partial charge >= 0.3 is 0 Å². The Bertz CT molecular complexity index is 986. The average molecular weight is 423 g/mol. The van der Waals surface area contributed by atoms with Gasteiger partial charge in [0.1, 0.15) is 0 Å². The monoisotopic (exact) mass is 422 g/mol. The molecule has 28 heavy (non-hydrogen) atoms. The highest BCUT2D eigenvalue weighted by Crippen LogP contribution is 2.34. The van der Waals surface area contributed by atoms with Crippen LogP contribution < -0.4 is 14.8 Å². The summed E-state index contributed by atoms with van der Waals surface area (Å²) in [5, 5.41) is 3.36. The highest BCUT2D eigenvalue weighted by Gasteiger charge is 2.32. The van der Waals surface area contributed by atoms with Crippen molar-refractivity contribution in [1.29, 1.82) is 0 Å². The Balaban J connectivity index is 1.37. The molecule has 0 radical (unpaired) electrons. The highest BCUT2D eigenvalue weighted by atomic mass is 35.5. The summed E-state index contributed by atoms with van der Waals surface area (Å²) < 4.78 is 37.4. The number of halogens is 1. The van der Waals surface area contributed by atoms with Crippen LogP contribution in [0.4, 0.5) is 5.69 Å². The maximum absolute atomic E-state index is 12.7. The molecule has 2 aliphatic heterocycles. The number of anilines is 1. The van der Waals surface area contributed by atoms with Crippen molar-refractivity contribution in [1.82, 2.24) is 4.31 Å². The third-order valence-corrected chi connectivity index (χ3v) is 7.08. The molecule has 1 amide bonds. The van der Waals surface area contributed by atoms with E-state index < -0.39 is 10.0 Å². The van der Waals surface area contributed by atoms with Crippen molar-refractivity contribution in [3.05, 3.63) is 47.5 Å². The van der Waals surface area contributed by atoms with Crippen molar-refractivity contribution < 1.29 is 22.7 Å². The van der Waals surface area contributed by atoms with Crippen molar-refractivity contribution in [2.45, 2.75) is 17.7 Å². The molecule has 1 N–H and O–H groups in total. The van der Waals surface area contributed by atoms with Crippen molar-refractivity contribution in [3.63, 3.8) is 0 Å². The molecule has 0 unspecified atom stereocenters. The molecule has 0 aromatic heterocycles. The third-order valence-electron chi connectivity index (χ3n) is 4.92. The summed E-state index contributed by atoms with van der Waals surface area (Å²) in [6.07, 6.45) is 0.923. The first-order valence-electron chi connectivity index (χ1n) is 8.90. The van der Waals surface area contributed by atoms with Crippen LogP contribution in [0.15, 0.2) is 47.4 Å². The molecule has 7 nitrogen and oxygen atoms in total. The molecule has 2 aliphatic rings. The lowest BCUT2D eigenvalue weighted by Crippen LogP contribution is -2.41. The van der Waals surface area contributed by atoms with Crippen molar-refractivity contribution in [2.75, 3.05) is 25.2 Å². The van der Waals surface area contributed by atoms with Crippen molar-refractivity contribution in [2.24, 2.45) is 5.92 Å². The van der Waals surface area contributed by atoms with Crippen LogP contribution in [-0.2, 0) is 14.8 Å². The fourth-order valence-corrected chi connectivity index (χ4v) is 4.93. The number of piperidine rings is 1. The number of rotatable bonds is 4. The second kappa shape index (κ2) is 7.62. The number of nitrogens with one attached hydrogen (secondary N) is 1. The average Bonchev–Trinajstić information content (AvgIpc) is 3.16. The number of carbonyl (C=O) groups is 1. The fourth-order valence-electron chi connectivity index (χ4n) is 3.33. The minimum absolute atomic E-state index is 0.123. The van der Waals surface area contributed by atoms with Crippen molar-refractivity contribution in [3.8, 4) is 11.5 Å². The zero-order valence-corrected chi connectivity index (χ0v) is 16.5. The van der Waals surface area contributed by atoms with Crippen LogP contribution >= 0.6 is 11.6 Å². The maximum atomic E-state index is 12.7. The molecule has 0 saturated carbocycles. The summed E-state index contributed by atoms with van der Waals surface area (Å²) in [5.41, 5.74) is 0.630. The predicted molar refractivity (Wildman–Crippen MR) is 104 cm³/mol. The van der Waals surface area contributed by atoms with Gasteiger partial charge in [-0.15, -0.1) is 0 Å². The van der Waals surface area contributed by atoms with Gasteiger partial charge in [0.25, 0.3) is 0 Å². The van der Waals surface area contributed by atoms with E-state index in [0.717, 1.165) is 0 Å².